The first-order valence-electron chi connectivity index (χ1n) is 9.84. The number of carbonyl (C=O) groups excluding carboxylic acids is 2. The van der Waals surface area contributed by atoms with E-state index in [1.54, 1.807) is 0 Å². The maximum atomic E-state index is 12.4. The number of benzene rings is 1. The molecule has 144 valence electrons. The molecule has 2 amide bonds. The van der Waals surface area contributed by atoms with E-state index in [1.807, 2.05) is 18.2 Å². The Kier molecular flexibility index (Phi) is 8.10. The Bertz CT molecular complexity index is 603. The van der Waals surface area contributed by atoms with Gasteiger partial charge in [0.15, 0.2) is 0 Å². The highest BCUT2D eigenvalue weighted by Crippen LogP contribution is 2.21. The second-order valence-corrected chi connectivity index (χ2v) is 7.40. The molecule has 0 aromatic heterocycles. The van der Waals surface area contributed by atoms with Gasteiger partial charge in [-0.2, -0.15) is 0 Å². The predicted molar refractivity (Wildman–Crippen MR) is 105 cm³/mol. The monoisotopic (exact) mass is 359 g/mol. The molecule has 0 bridgehead atoms. The SMILES string of the molecule is CCCCNC(=O)[C@@H]1CC[C@H](C)N(CC(=O)NCc2ccccc2C)C1. The number of hydrogen-bond donors (Lipinski definition) is 2. The summed E-state index contributed by atoms with van der Waals surface area (Å²) in [5.41, 5.74) is 2.32. The molecule has 1 aliphatic rings. The Morgan fingerprint density at radius 3 is 2.69 bits per heavy atom. The van der Waals surface area contributed by atoms with Crippen LogP contribution < -0.4 is 10.6 Å². The Balaban J connectivity index is 1.81. The minimum atomic E-state index is -0.00720. The van der Waals surface area contributed by atoms with E-state index in [-0.39, 0.29) is 17.7 Å². The van der Waals surface area contributed by atoms with E-state index in [0.717, 1.165) is 37.8 Å². The molecule has 0 saturated carbocycles. The summed E-state index contributed by atoms with van der Waals surface area (Å²) in [7, 11) is 0. The molecule has 1 saturated heterocycles. The van der Waals surface area contributed by atoms with Gasteiger partial charge in [0.1, 0.15) is 0 Å². The molecule has 5 heteroatoms. The number of carbonyl (C=O) groups is 2. The molecule has 1 heterocycles. The van der Waals surface area contributed by atoms with Gasteiger partial charge in [-0.1, -0.05) is 37.6 Å². The summed E-state index contributed by atoms with van der Waals surface area (Å²) < 4.78 is 0. The summed E-state index contributed by atoms with van der Waals surface area (Å²) in [6.45, 7) is 8.62. The van der Waals surface area contributed by atoms with Crippen molar-refractivity contribution in [2.45, 2.75) is 59.0 Å². The van der Waals surface area contributed by atoms with Gasteiger partial charge >= 0.3 is 0 Å². The highest BCUT2D eigenvalue weighted by molar-refractivity contribution is 5.80. The lowest BCUT2D eigenvalue weighted by Crippen LogP contribution is -2.50. The zero-order chi connectivity index (χ0) is 18.9. The van der Waals surface area contributed by atoms with Crippen LogP contribution in [0.25, 0.3) is 0 Å². The third-order valence-corrected chi connectivity index (χ3v) is 5.30. The molecule has 1 aromatic carbocycles. The molecule has 2 atom stereocenters. The fourth-order valence-corrected chi connectivity index (χ4v) is 3.39. The van der Waals surface area contributed by atoms with Crippen LogP contribution in [-0.2, 0) is 16.1 Å². The number of likely N-dealkylation sites (tertiary alicyclic amines) is 1. The normalized spacial score (nSPS) is 20.6. The van der Waals surface area contributed by atoms with E-state index in [0.29, 0.717) is 25.7 Å². The van der Waals surface area contributed by atoms with Crippen molar-refractivity contribution < 1.29 is 9.59 Å². The summed E-state index contributed by atoms with van der Waals surface area (Å²) in [5, 5.41) is 6.04. The maximum absolute atomic E-state index is 12.4. The molecule has 0 spiro atoms. The molecule has 5 nitrogen and oxygen atoms in total. The highest BCUT2D eigenvalue weighted by atomic mass is 16.2. The Morgan fingerprint density at radius 1 is 1.19 bits per heavy atom. The van der Waals surface area contributed by atoms with Gasteiger partial charge in [0, 0.05) is 25.7 Å². The van der Waals surface area contributed by atoms with Crippen LogP contribution in [0.3, 0.4) is 0 Å². The number of amides is 2. The van der Waals surface area contributed by atoms with Crippen molar-refractivity contribution in [3.63, 3.8) is 0 Å². The van der Waals surface area contributed by atoms with Crippen LogP contribution in [0.5, 0.6) is 0 Å². The van der Waals surface area contributed by atoms with E-state index in [1.165, 1.54) is 5.56 Å². The van der Waals surface area contributed by atoms with Crippen molar-refractivity contribution in [3.05, 3.63) is 35.4 Å². The van der Waals surface area contributed by atoms with Crippen LogP contribution in [-0.4, -0.2) is 42.4 Å². The summed E-state index contributed by atoms with van der Waals surface area (Å²) in [4.78, 5) is 26.8. The van der Waals surface area contributed by atoms with Crippen LogP contribution in [0, 0.1) is 12.8 Å². The Hall–Kier alpha value is -1.88. The minimum Gasteiger partial charge on any atom is -0.356 e. The van der Waals surface area contributed by atoms with Gasteiger partial charge in [-0.25, -0.2) is 0 Å². The van der Waals surface area contributed by atoms with Crippen LogP contribution in [0.1, 0.15) is 50.7 Å². The van der Waals surface area contributed by atoms with Gasteiger partial charge in [0.05, 0.1) is 12.5 Å². The number of hydrogen-bond acceptors (Lipinski definition) is 3. The quantitative estimate of drug-likeness (QED) is 0.702. The number of nitrogens with zero attached hydrogens (tertiary/aromatic N) is 1. The molecule has 2 rings (SSSR count). The lowest BCUT2D eigenvalue weighted by atomic mass is 9.92. The molecule has 1 aliphatic heterocycles. The van der Waals surface area contributed by atoms with Gasteiger partial charge in [-0.3, -0.25) is 14.5 Å². The smallest absolute Gasteiger partial charge is 0.234 e. The summed E-state index contributed by atoms with van der Waals surface area (Å²) >= 11 is 0. The summed E-state index contributed by atoms with van der Waals surface area (Å²) in [6, 6.07) is 8.41. The van der Waals surface area contributed by atoms with Crippen molar-refractivity contribution in [2.75, 3.05) is 19.6 Å². The molecular formula is C21H33N3O2. The second kappa shape index (κ2) is 10.3. The van der Waals surface area contributed by atoms with Gasteiger partial charge < -0.3 is 10.6 Å². The van der Waals surface area contributed by atoms with E-state index < -0.39 is 0 Å². The van der Waals surface area contributed by atoms with Crippen LogP contribution in [0.2, 0.25) is 0 Å². The zero-order valence-corrected chi connectivity index (χ0v) is 16.4. The van der Waals surface area contributed by atoms with Crippen LogP contribution in [0.15, 0.2) is 24.3 Å². The number of rotatable bonds is 8. The molecular weight excluding hydrogens is 326 g/mol. The van der Waals surface area contributed by atoms with Crippen molar-refractivity contribution in [1.82, 2.24) is 15.5 Å². The first-order chi connectivity index (χ1) is 12.5. The fourth-order valence-electron chi connectivity index (χ4n) is 3.39. The molecule has 0 radical (unpaired) electrons. The third-order valence-electron chi connectivity index (χ3n) is 5.30. The largest absolute Gasteiger partial charge is 0.356 e. The van der Waals surface area contributed by atoms with E-state index in [4.69, 9.17) is 0 Å². The third kappa shape index (κ3) is 6.13. The van der Waals surface area contributed by atoms with Crippen LogP contribution >= 0.6 is 0 Å². The lowest BCUT2D eigenvalue weighted by molar-refractivity contribution is -0.130. The number of aryl methyl sites for hydroxylation is 1. The first-order valence-corrected chi connectivity index (χ1v) is 9.84. The Morgan fingerprint density at radius 2 is 1.96 bits per heavy atom. The van der Waals surface area contributed by atoms with Crippen molar-refractivity contribution in [2.24, 2.45) is 5.92 Å². The van der Waals surface area contributed by atoms with Crippen LogP contribution in [0.4, 0.5) is 0 Å². The Labute approximate surface area is 157 Å². The second-order valence-electron chi connectivity index (χ2n) is 7.40. The number of nitrogens with one attached hydrogen (secondary N) is 2. The minimum absolute atomic E-state index is 0.00720. The zero-order valence-electron chi connectivity index (χ0n) is 16.4. The topological polar surface area (TPSA) is 61.4 Å². The predicted octanol–water partition coefficient (Wildman–Crippen LogP) is 2.63. The fraction of sp³-hybridized carbons (Fsp3) is 0.619. The molecule has 2 N–H and O–H groups in total. The molecule has 0 aliphatic carbocycles. The van der Waals surface area contributed by atoms with E-state index in [2.05, 4.69) is 42.4 Å². The van der Waals surface area contributed by atoms with Crippen molar-refractivity contribution in [1.29, 1.82) is 0 Å². The standard InChI is InChI=1S/C21H33N3O2/c1-4-5-12-22-21(26)19-11-10-17(3)24(14-19)15-20(25)23-13-18-9-7-6-8-16(18)2/h6-9,17,19H,4-5,10-15H2,1-3H3,(H,22,26)(H,23,25)/t17-,19+/m0/s1. The van der Waals surface area contributed by atoms with Gasteiger partial charge in [0.25, 0.3) is 0 Å². The summed E-state index contributed by atoms with van der Waals surface area (Å²) in [6.07, 6.45) is 3.95. The van der Waals surface area contributed by atoms with Crippen molar-refractivity contribution >= 4 is 11.8 Å². The lowest BCUT2D eigenvalue weighted by Gasteiger charge is -2.36. The van der Waals surface area contributed by atoms with Gasteiger partial charge in [-0.15, -0.1) is 0 Å². The van der Waals surface area contributed by atoms with Gasteiger partial charge in [0.2, 0.25) is 11.8 Å². The maximum Gasteiger partial charge on any atom is 0.234 e. The summed E-state index contributed by atoms with van der Waals surface area (Å²) in [5.74, 6) is 0.148. The molecule has 1 fully saturated rings. The average Bonchev–Trinajstić information content (AvgIpc) is 2.63. The molecule has 1 aromatic rings. The molecule has 0 unspecified atom stereocenters. The first kappa shape index (κ1) is 20.4. The average molecular weight is 360 g/mol. The molecule has 26 heavy (non-hydrogen) atoms. The highest BCUT2D eigenvalue weighted by Gasteiger charge is 2.30. The van der Waals surface area contributed by atoms with Gasteiger partial charge in [-0.05, 0) is 44.2 Å². The number of piperidine rings is 1. The van der Waals surface area contributed by atoms with E-state index >= 15 is 0 Å². The van der Waals surface area contributed by atoms with Crippen molar-refractivity contribution in [3.8, 4) is 0 Å². The number of unbranched alkanes of at least 4 members (excludes halogenated alkanes) is 1. The van der Waals surface area contributed by atoms with E-state index in [9.17, 15) is 9.59 Å².